The van der Waals surface area contributed by atoms with Crippen molar-refractivity contribution in [2.45, 2.75) is 13.5 Å². The van der Waals surface area contributed by atoms with Gasteiger partial charge in [-0.25, -0.2) is 9.79 Å². The predicted molar refractivity (Wildman–Crippen MR) is 158 cm³/mol. The molecule has 0 aromatic heterocycles. The van der Waals surface area contributed by atoms with Gasteiger partial charge in [-0.05, 0) is 107 Å². The summed E-state index contributed by atoms with van der Waals surface area (Å²) in [5.41, 5.74) is 2.58. The van der Waals surface area contributed by atoms with Crippen LogP contribution in [0.2, 0.25) is 0 Å². The number of thioether (sulfide) groups is 1. The van der Waals surface area contributed by atoms with Crippen LogP contribution in [-0.2, 0) is 11.4 Å². The normalized spacial score (nSPS) is 15.5. The van der Waals surface area contributed by atoms with E-state index in [1.54, 1.807) is 19.2 Å². The number of amides is 1. The van der Waals surface area contributed by atoms with Crippen molar-refractivity contribution in [3.8, 4) is 11.5 Å². The van der Waals surface area contributed by atoms with E-state index in [1.807, 2.05) is 49.4 Å². The summed E-state index contributed by atoms with van der Waals surface area (Å²) in [5, 5.41) is 9.58. The molecule has 4 rings (SSSR count). The van der Waals surface area contributed by atoms with Gasteiger partial charge in [-0.2, -0.15) is 0 Å². The molecule has 1 fully saturated rings. The Morgan fingerprint density at radius 1 is 1.14 bits per heavy atom. The van der Waals surface area contributed by atoms with Crippen LogP contribution in [0.4, 0.5) is 5.69 Å². The molecule has 7 nitrogen and oxygen atoms in total. The highest BCUT2D eigenvalue weighted by atomic mass is 127. The molecule has 1 amide bonds. The van der Waals surface area contributed by atoms with Crippen molar-refractivity contribution >= 4 is 79.1 Å². The number of rotatable bonds is 8. The number of hydrogen-bond acceptors (Lipinski definition) is 6. The molecule has 37 heavy (non-hydrogen) atoms. The van der Waals surface area contributed by atoms with E-state index < -0.39 is 5.97 Å². The predicted octanol–water partition coefficient (Wildman–Crippen LogP) is 6.96. The largest absolute Gasteiger partial charge is 0.490 e. The Morgan fingerprint density at radius 3 is 2.49 bits per heavy atom. The highest BCUT2D eigenvalue weighted by Gasteiger charge is 2.30. The van der Waals surface area contributed by atoms with Gasteiger partial charge in [0.05, 0.1) is 26.3 Å². The Morgan fingerprint density at radius 2 is 1.84 bits per heavy atom. The van der Waals surface area contributed by atoms with Gasteiger partial charge in [0, 0.05) is 11.5 Å². The van der Waals surface area contributed by atoms with Gasteiger partial charge >= 0.3 is 5.97 Å². The first-order chi connectivity index (χ1) is 17.7. The number of nitrogens with zero attached hydrogens (tertiary/aromatic N) is 2. The molecule has 0 aliphatic carbocycles. The number of carboxylic acid groups (broad SMARTS) is 1. The number of aliphatic imine (C=N–C) groups is 1. The number of halogens is 2. The molecule has 3 aromatic rings. The quantitative estimate of drug-likeness (QED) is 0.203. The molecule has 0 radical (unpaired) electrons. The molecule has 1 heterocycles. The second kappa shape index (κ2) is 12.1. The number of carbonyl (C=O) groups is 2. The van der Waals surface area contributed by atoms with E-state index in [1.165, 1.54) is 28.8 Å². The molecule has 0 bridgehead atoms. The lowest BCUT2D eigenvalue weighted by Gasteiger charge is -2.15. The van der Waals surface area contributed by atoms with Gasteiger partial charge in [0.2, 0.25) is 0 Å². The number of likely N-dealkylation sites (N-methyl/N-ethyl adjacent to an activating group) is 1. The average molecular weight is 693 g/mol. The molecule has 1 aliphatic rings. The number of amidine groups is 1. The highest BCUT2D eigenvalue weighted by molar-refractivity contribution is 14.1. The Balaban J connectivity index is 1.57. The zero-order valence-corrected chi connectivity index (χ0v) is 24.5. The van der Waals surface area contributed by atoms with Crippen LogP contribution in [-0.4, -0.2) is 40.7 Å². The molecule has 10 heteroatoms. The lowest BCUT2D eigenvalue weighted by molar-refractivity contribution is -0.121. The van der Waals surface area contributed by atoms with Crippen LogP contribution in [0.3, 0.4) is 0 Å². The van der Waals surface area contributed by atoms with Crippen LogP contribution < -0.4 is 9.47 Å². The average Bonchev–Trinajstić information content (AvgIpc) is 3.12. The Labute approximate surface area is 240 Å². The van der Waals surface area contributed by atoms with Gasteiger partial charge in [0.15, 0.2) is 16.7 Å². The maximum Gasteiger partial charge on any atom is 0.335 e. The summed E-state index contributed by atoms with van der Waals surface area (Å²) in [5.74, 6) is 0.0869. The van der Waals surface area contributed by atoms with Crippen LogP contribution in [0.15, 0.2) is 75.0 Å². The fourth-order valence-corrected chi connectivity index (χ4v) is 5.43. The van der Waals surface area contributed by atoms with Crippen molar-refractivity contribution < 1.29 is 24.2 Å². The molecule has 0 atom stereocenters. The minimum absolute atomic E-state index is 0.172. The van der Waals surface area contributed by atoms with E-state index in [-0.39, 0.29) is 11.5 Å². The molecular weight excluding hydrogens is 671 g/mol. The molecule has 0 spiro atoms. The van der Waals surface area contributed by atoms with E-state index in [9.17, 15) is 9.59 Å². The van der Waals surface area contributed by atoms with Crippen molar-refractivity contribution in [1.29, 1.82) is 0 Å². The Kier molecular flexibility index (Phi) is 8.93. The van der Waals surface area contributed by atoms with Gasteiger partial charge in [0.25, 0.3) is 5.91 Å². The van der Waals surface area contributed by atoms with Crippen LogP contribution in [0, 0.1) is 3.57 Å². The third-order valence-corrected chi connectivity index (χ3v) is 7.66. The maximum absolute atomic E-state index is 12.9. The fourth-order valence-electron chi connectivity index (χ4n) is 3.40. The first kappa shape index (κ1) is 27.2. The maximum atomic E-state index is 12.9. The monoisotopic (exact) mass is 692 g/mol. The Bertz CT molecular complexity index is 1390. The van der Waals surface area contributed by atoms with Gasteiger partial charge in [-0.3, -0.25) is 9.69 Å². The van der Waals surface area contributed by atoms with E-state index in [0.717, 1.165) is 19.2 Å². The summed E-state index contributed by atoms with van der Waals surface area (Å²) in [6, 6.07) is 17.9. The van der Waals surface area contributed by atoms with Gasteiger partial charge in [0.1, 0.15) is 6.61 Å². The number of ether oxygens (including phenoxy) is 2. The minimum atomic E-state index is -1.00. The second-order valence-corrected chi connectivity index (χ2v) is 11.0. The first-order valence-corrected chi connectivity index (χ1v) is 13.9. The Hall–Kier alpha value is -2.83. The van der Waals surface area contributed by atoms with Gasteiger partial charge in [-0.15, -0.1) is 0 Å². The third kappa shape index (κ3) is 6.74. The van der Waals surface area contributed by atoms with Crippen LogP contribution in [0.5, 0.6) is 11.5 Å². The zero-order chi connectivity index (χ0) is 26.5. The summed E-state index contributed by atoms with van der Waals surface area (Å²) in [4.78, 5) is 30.5. The van der Waals surface area contributed by atoms with E-state index in [4.69, 9.17) is 14.6 Å². The van der Waals surface area contributed by atoms with Gasteiger partial charge in [-0.1, -0.05) is 28.1 Å². The lowest BCUT2D eigenvalue weighted by atomic mass is 10.1. The topological polar surface area (TPSA) is 88.4 Å². The summed E-state index contributed by atoms with van der Waals surface area (Å²) in [6.07, 6.45) is 1.81. The molecule has 0 unspecified atom stereocenters. The van der Waals surface area contributed by atoms with E-state index >= 15 is 0 Å². The zero-order valence-electron chi connectivity index (χ0n) is 19.9. The number of hydrogen-bond donors (Lipinski definition) is 1. The molecule has 0 saturated carbocycles. The standard InChI is InChI=1S/C27H22BrIN2O5S/c1-3-35-22-13-17(12-21(29)24(22)36-15-16-4-8-19(28)9-5-16)14-23-25(32)31(2)27(37-23)30-20-10-6-18(7-11-20)26(33)34/h4-14H,3,15H2,1-2H3,(H,33,34). The number of carboxylic acids is 1. The summed E-state index contributed by atoms with van der Waals surface area (Å²) in [7, 11) is 1.66. The van der Waals surface area contributed by atoms with Crippen molar-refractivity contribution in [3.63, 3.8) is 0 Å². The minimum Gasteiger partial charge on any atom is -0.490 e. The van der Waals surface area contributed by atoms with Crippen LogP contribution in [0.1, 0.15) is 28.4 Å². The molecule has 190 valence electrons. The molecular formula is C27H22BrIN2O5S. The van der Waals surface area contributed by atoms with Gasteiger partial charge < -0.3 is 14.6 Å². The summed E-state index contributed by atoms with van der Waals surface area (Å²) in [6.45, 7) is 2.78. The smallest absolute Gasteiger partial charge is 0.335 e. The molecule has 1 saturated heterocycles. The molecule has 3 aromatic carbocycles. The van der Waals surface area contributed by atoms with Crippen molar-refractivity contribution in [1.82, 2.24) is 4.90 Å². The van der Waals surface area contributed by atoms with E-state index in [0.29, 0.717) is 40.5 Å². The molecule has 1 aliphatic heterocycles. The first-order valence-electron chi connectivity index (χ1n) is 11.2. The number of benzene rings is 3. The second-order valence-electron chi connectivity index (χ2n) is 7.90. The number of carbonyl (C=O) groups excluding carboxylic acids is 1. The fraction of sp³-hybridized carbons (Fsp3) is 0.148. The van der Waals surface area contributed by atoms with Crippen molar-refractivity contribution in [3.05, 3.63) is 90.3 Å². The van der Waals surface area contributed by atoms with Crippen LogP contribution in [0.25, 0.3) is 6.08 Å². The number of aromatic carboxylic acids is 1. The lowest BCUT2D eigenvalue weighted by Crippen LogP contribution is -2.23. The summed E-state index contributed by atoms with van der Waals surface area (Å²) < 4.78 is 13.9. The van der Waals surface area contributed by atoms with Crippen molar-refractivity contribution in [2.24, 2.45) is 4.99 Å². The summed E-state index contributed by atoms with van der Waals surface area (Å²) >= 11 is 6.91. The molecule has 1 N–H and O–H groups in total. The SMILES string of the molecule is CCOc1cc(C=C2SC(=Nc3ccc(C(=O)O)cc3)N(C)C2=O)cc(I)c1OCc1ccc(Br)cc1. The highest BCUT2D eigenvalue weighted by Crippen LogP contribution is 2.38. The van der Waals surface area contributed by atoms with Crippen LogP contribution >= 0.6 is 50.3 Å². The van der Waals surface area contributed by atoms with Crippen molar-refractivity contribution in [2.75, 3.05) is 13.7 Å². The third-order valence-electron chi connectivity index (χ3n) is 5.27. The van der Waals surface area contributed by atoms with E-state index in [2.05, 4.69) is 43.5 Å².